The number of amides is 2. The van der Waals surface area contributed by atoms with Gasteiger partial charge in [-0.15, -0.1) is 0 Å². The molecule has 0 saturated carbocycles. The van der Waals surface area contributed by atoms with Gasteiger partial charge in [0, 0.05) is 13.1 Å². The molecule has 0 aromatic heterocycles. The van der Waals surface area contributed by atoms with Gasteiger partial charge in [0.1, 0.15) is 11.6 Å². The maximum atomic E-state index is 13.2. The van der Waals surface area contributed by atoms with Gasteiger partial charge in [0.2, 0.25) is 0 Å². The van der Waals surface area contributed by atoms with Crippen molar-refractivity contribution in [2.24, 2.45) is 0 Å². The zero-order valence-electron chi connectivity index (χ0n) is 14.0. The van der Waals surface area contributed by atoms with Crippen LogP contribution in [0.15, 0.2) is 42.5 Å². The Morgan fingerprint density at radius 3 is 2.15 bits per heavy atom. The van der Waals surface area contributed by atoms with Crippen LogP contribution in [-0.2, 0) is 13.1 Å². The lowest BCUT2D eigenvalue weighted by Gasteiger charge is -2.11. The van der Waals surface area contributed by atoms with Crippen molar-refractivity contribution >= 4 is 6.03 Å². The number of carbonyl (C=O) groups excluding carboxylic acids is 1. The first-order valence-electron chi connectivity index (χ1n) is 7.78. The summed E-state index contributed by atoms with van der Waals surface area (Å²) in [5, 5.41) is 5.27. The van der Waals surface area contributed by atoms with E-state index in [0.717, 1.165) is 5.56 Å². The van der Waals surface area contributed by atoms with E-state index in [9.17, 15) is 22.4 Å². The third-order valence-corrected chi connectivity index (χ3v) is 3.45. The lowest BCUT2D eigenvalue weighted by atomic mass is 10.1. The van der Waals surface area contributed by atoms with Crippen molar-refractivity contribution in [3.8, 4) is 5.75 Å². The van der Waals surface area contributed by atoms with Gasteiger partial charge < -0.3 is 15.4 Å². The van der Waals surface area contributed by atoms with Crippen LogP contribution >= 0.6 is 0 Å². The Bertz CT molecular complexity index is 746. The quantitative estimate of drug-likeness (QED) is 0.753. The van der Waals surface area contributed by atoms with Crippen LogP contribution in [0.25, 0.3) is 0 Å². The van der Waals surface area contributed by atoms with Gasteiger partial charge in [-0.05, 0) is 41.8 Å². The van der Waals surface area contributed by atoms with Crippen LogP contribution in [0.1, 0.15) is 16.7 Å². The van der Waals surface area contributed by atoms with E-state index >= 15 is 0 Å². The summed E-state index contributed by atoms with van der Waals surface area (Å²) in [5.74, 6) is -0.205. The van der Waals surface area contributed by atoms with E-state index in [0.29, 0.717) is 11.1 Å². The highest BCUT2D eigenvalue weighted by molar-refractivity contribution is 5.73. The van der Waals surface area contributed by atoms with Crippen LogP contribution < -0.4 is 15.4 Å². The Morgan fingerprint density at radius 1 is 1.00 bits per heavy atom. The van der Waals surface area contributed by atoms with Gasteiger partial charge in [-0.1, -0.05) is 24.3 Å². The molecule has 4 nitrogen and oxygen atoms in total. The van der Waals surface area contributed by atoms with Crippen molar-refractivity contribution in [1.29, 1.82) is 0 Å². The van der Waals surface area contributed by atoms with Gasteiger partial charge in [0.25, 0.3) is 0 Å². The number of carbonyl (C=O) groups is 1. The average Bonchev–Trinajstić information content (AvgIpc) is 2.59. The van der Waals surface area contributed by atoms with Crippen LogP contribution in [0.5, 0.6) is 5.75 Å². The minimum atomic E-state index is -4.39. The van der Waals surface area contributed by atoms with Gasteiger partial charge in [-0.3, -0.25) is 0 Å². The van der Waals surface area contributed by atoms with Gasteiger partial charge in [-0.2, -0.15) is 13.2 Å². The van der Waals surface area contributed by atoms with Gasteiger partial charge in [0.15, 0.2) is 6.61 Å². The Labute approximate surface area is 148 Å². The first-order chi connectivity index (χ1) is 12.2. The SMILES string of the molecule is Cc1cc(CNC(=O)NCc2ccc(OCC(F)(F)F)cc2)ccc1F. The molecule has 0 heterocycles. The van der Waals surface area contributed by atoms with Gasteiger partial charge in [-0.25, -0.2) is 9.18 Å². The lowest BCUT2D eigenvalue weighted by molar-refractivity contribution is -0.153. The number of ether oxygens (including phenoxy) is 1. The van der Waals surface area contributed by atoms with Crippen LogP contribution in [-0.4, -0.2) is 18.8 Å². The predicted octanol–water partition coefficient (Wildman–Crippen LogP) is 4.07. The summed E-state index contributed by atoms with van der Waals surface area (Å²) in [4.78, 5) is 11.8. The molecule has 0 aliphatic heterocycles. The number of nitrogens with one attached hydrogen (secondary N) is 2. The van der Waals surface area contributed by atoms with Crippen molar-refractivity contribution in [2.75, 3.05) is 6.61 Å². The molecule has 0 atom stereocenters. The smallest absolute Gasteiger partial charge is 0.422 e. The summed E-state index contributed by atoms with van der Waals surface area (Å²) < 4.78 is 54.0. The molecule has 0 bridgehead atoms. The first-order valence-corrected chi connectivity index (χ1v) is 7.78. The summed E-state index contributed by atoms with van der Waals surface area (Å²) in [6.07, 6.45) is -4.39. The third-order valence-electron chi connectivity index (χ3n) is 3.45. The Hall–Kier alpha value is -2.77. The molecular weight excluding hydrogens is 352 g/mol. The molecule has 0 aliphatic rings. The number of urea groups is 1. The summed E-state index contributed by atoms with van der Waals surface area (Å²) in [6, 6.07) is 10.1. The molecule has 0 aliphatic carbocycles. The molecule has 2 rings (SSSR count). The second kappa shape index (κ2) is 8.55. The topological polar surface area (TPSA) is 50.4 Å². The maximum Gasteiger partial charge on any atom is 0.422 e. The fraction of sp³-hybridized carbons (Fsp3) is 0.278. The highest BCUT2D eigenvalue weighted by atomic mass is 19.4. The molecule has 2 aromatic carbocycles. The molecule has 8 heteroatoms. The van der Waals surface area contributed by atoms with Crippen molar-refractivity contribution in [3.63, 3.8) is 0 Å². The monoisotopic (exact) mass is 370 g/mol. The van der Waals surface area contributed by atoms with Crippen molar-refractivity contribution < 1.29 is 27.1 Å². The molecule has 0 saturated heterocycles. The average molecular weight is 370 g/mol. The number of alkyl halides is 3. The third kappa shape index (κ3) is 6.62. The molecule has 0 fully saturated rings. The van der Waals surface area contributed by atoms with E-state index in [1.165, 1.54) is 18.2 Å². The second-order valence-corrected chi connectivity index (χ2v) is 5.67. The van der Waals surface area contributed by atoms with Crippen LogP contribution in [0, 0.1) is 12.7 Å². The summed E-state index contributed by atoms with van der Waals surface area (Å²) in [6.45, 7) is 0.738. The molecule has 0 spiro atoms. The van der Waals surface area contributed by atoms with E-state index in [-0.39, 0.29) is 24.7 Å². The van der Waals surface area contributed by atoms with E-state index in [4.69, 9.17) is 0 Å². The molecule has 0 radical (unpaired) electrons. The van der Waals surface area contributed by atoms with Crippen molar-refractivity contribution in [3.05, 3.63) is 65.0 Å². The summed E-state index contributed by atoms with van der Waals surface area (Å²) in [5.41, 5.74) is 1.97. The summed E-state index contributed by atoms with van der Waals surface area (Å²) >= 11 is 0. The Balaban J connectivity index is 1.75. The zero-order valence-corrected chi connectivity index (χ0v) is 14.0. The number of hydrogen-bond acceptors (Lipinski definition) is 2. The first kappa shape index (κ1) is 19.6. The maximum absolute atomic E-state index is 13.2. The van der Waals surface area contributed by atoms with E-state index in [2.05, 4.69) is 15.4 Å². The molecule has 2 aromatic rings. The van der Waals surface area contributed by atoms with Gasteiger partial charge in [0.05, 0.1) is 0 Å². The molecule has 2 N–H and O–H groups in total. The number of hydrogen-bond donors (Lipinski definition) is 2. The fourth-order valence-electron chi connectivity index (χ4n) is 2.11. The van der Waals surface area contributed by atoms with Crippen LogP contribution in [0.4, 0.5) is 22.4 Å². The number of rotatable bonds is 6. The minimum Gasteiger partial charge on any atom is -0.484 e. The highest BCUT2D eigenvalue weighted by Gasteiger charge is 2.28. The molecule has 2 amide bonds. The predicted molar refractivity (Wildman–Crippen MR) is 88.2 cm³/mol. The highest BCUT2D eigenvalue weighted by Crippen LogP contribution is 2.18. The molecule has 0 unspecified atom stereocenters. The van der Waals surface area contributed by atoms with Gasteiger partial charge >= 0.3 is 12.2 Å². The zero-order chi connectivity index (χ0) is 19.2. The number of aryl methyl sites for hydroxylation is 1. The number of halogens is 4. The lowest BCUT2D eigenvalue weighted by Crippen LogP contribution is -2.34. The van der Waals surface area contributed by atoms with E-state index in [1.807, 2.05) is 0 Å². The second-order valence-electron chi connectivity index (χ2n) is 5.67. The van der Waals surface area contributed by atoms with Crippen molar-refractivity contribution in [1.82, 2.24) is 10.6 Å². The minimum absolute atomic E-state index is 0.0993. The molecule has 140 valence electrons. The van der Waals surface area contributed by atoms with Crippen LogP contribution in [0.3, 0.4) is 0 Å². The standard InChI is InChI=1S/C18H18F4N2O2/c1-12-8-14(4-7-16(12)19)10-24-17(25)23-9-13-2-5-15(6-3-13)26-11-18(20,21)22/h2-8H,9-11H2,1H3,(H2,23,24,25). The number of benzene rings is 2. The fourth-order valence-corrected chi connectivity index (χ4v) is 2.11. The van der Waals surface area contributed by atoms with E-state index < -0.39 is 18.8 Å². The van der Waals surface area contributed by atoms with Crippen LogP contribution in [0.2, 0.25) is 0 Å². The van der Waals surface area contributed by atoms with Crippen molar-refractivity contribution in [2.45, 2.75) is 26.2 Å². The normalized spacial score (nSPS) is 11.1. The Kier molecular flexibility index (Phi) is 6.43. The Morgan fingerprint density at radius 2 is 1.58 bits per heavy atom. The summed E-state index contributed by atoms with van der Waals surface area (Å²) in [7, 11) is 0. The molecular formula is C18H18F4N2O2. The van der Waals surface area contributed by atoms with E-state index in [1.54, 1.807) is 31.2 Å². The largest absolute Gasteiger partial charge is 0.484 e. The molecule has 26 heavy (non-hydrogen) atoms.